The molecular weight excluding hydrogens is 1750 g/mol. The minimum Gasteiger partial charge on any atom is -0.385 e. The zero-order valence-electron chi connectivity index (χ0n) is 75.0. The number of aromatic amines is 5. The number of halogens is 6. The van der Waals surface area contributed by atoms with E-state index in [0.29, 0.717) is 134 Å². The molecule has 1 aliphatic heterocycles. The molecule has 0 amide bonds. The molecule has 2 aliphatic rings. The van der Waals surface area contributed by atoms with Gasteiger partial charge in [0.15, 0.2) is 68.2 Å². The highest BCUT2D eigenvalue weighted by molar-refractivity contribution is 5.96. The van der Waals surface area contributed by atoms with Gasteiger partial charge in [0.05, 0.1) is 55.3 Å². The molecule has 15 aromatic heterocycles. The number of hydrogen-bond acceptors (Lipinski definition) is 27. The highest BCUT2D eigenvalue weighted by atomic mass is 19.3. The van der Waals surface area contributed by atoms with Gasteiger partial charge >= 0.3 is 0 Å². The number of aromatic nitrogens is 20. The van der Waals surface area contributed by atoms with E-state index in [9.17, 15) is 26.3 Å². The largest absolute Gasteiger partial charge is 0.385 e. The number of nitrogens with zero attached hydrogens (tertiary/aromatic N) is 15. The van der Waals surface area contributed by atoms with Gasteiger partial charge in [-0.25, -0.2) is 13.8 Å². The van der Waals surface area contributed by atoms with Crippen molar-refractivity contribution in [1.82, 2.24) is 112 Å². The maximum atomic E-state index is 14.3. The van der Waals surface area contributed by atoms with Crippen LogP contribution >= 0.6 is 0 Å². The third-order valence-corrected chi connectivity index (χ3v) is 23.3. The number of unbranched alkanes of at least 4 members (excludes halogenated alkanes) is 2. The Kier molecular flexibility index (Phi) is 25.5. The minimum atomic E-state index is -3.00. The van der Waals surface area contributed by atoms with Crippen LogP contribution in [0.2, 0.25) is 0 Å². The van der Waals surface area contributed by atoms with Crippen LogP contribution in [0.4, 0.5) is 83.9 Å². The number of dihydropyridines is 1. The summed E-state index contributed by atoms with van der Waals surface area (Å²) in [7, 11) is 0. The summed E-state index contributed by atoms with van der Waals surface area (Å²) < 4.78 is 110. The lowest BCUT2D eigenvalue weighted by atomic mass is 9.86. The van der Waals surface area contributed by atoms with Crippen LogP contribution < -0.4 is 37.2 Å². The van der Waals surface area contributed by atoms with Crippen molar-refractivity contribution in [3.05, 3.63) is 260 Å². The van der Waals surface area contributed by atoms with Crippen LogP contribution in [0.1, 0.15) is 153 Å². The molecule has 22 rings (SSSR count). The number of alkyl halides is 6. The van der Waals surface area contributed by atoms with Crippen molar-refractivity contribution >= 4 is 168 Å². The van der Waals surface area contributed by atoms with E-state index in [-0.39, 0.29) is 49.0 Å². The van der Waals surface area contributed by atoms with Crippen molar-refractivity contribution in [2.75, 3.05) is 26.6 Å². The van der Waals surface area contributed by atoms with Gasteiger partial charge in [0.2, 0.25) is 0 Å². The lowest BCUT2D eigenvalue weighted by molar-refractivity contribution is -0.0906. The molecule has 5 aromatic carbocycles. The molecule has 1 aliphatic carbocycles. The number of benzene rings is 5. The third kappa shape index (κ3) is 20.2. The SMILES string of the molecule is C=C(Cc1noc2cc(Nc3n[nH]c4cccnc34)ccc12)NC1CC(F)(F)C1.C=C1C=CC(C(C)c2noc3cc(Nc4n[nH]c5cccnc45)ccc23)=CN1.CC(CCC(C)(C)C)c1noc2cc(Nc3n[nH]c4cccnc34)ccc12.CCCCC(F)(F)c1noc2cc(Nc3[nH]nc4ncccc34)ccc12.CCCCC(F)(F)c1noc2cc(Nc3n[nH]c4cccnc34)ccc12. The molecule has 1 fully saturated rings. The Morgan fingerprint density at radius 2 is 0.868 bits per heavy atom. The number of fused-ring (bicyclic) bond motifs is 10. The van der Waals surface area contributed by atoms with Gasteiger partial charge in [-0.2, -0.15) is 43.1 Å². The first-order chi connectivity index (χ1) is 65.7. The number of rotatable bonds is 27. The molecule has 0 saturated heterocycles. The summed E-state index contributed by atoms with van der Waals surface area (Å²) >= 11 is 0. The average molecular weight is 1850 g/mol. The lowest BCUT2D eigenvalue weighted by Gasteiger charge is -2.36. The normalized spacial score (nSPS) is 13.8. The molecule has 694 valence electrons. The molecule has 1 saturated carbocycles. The lowest BCUT2D eigenvalue weighted by Crippen LogP contribution is -2.48. The van der Waals surface area contributed by atoms with Gasteiger partial charge in [0, 0.05) is 173 Å². The molecule has 136 heavy (non-hydrogen) atoms. The van der Waals surface area contributed by atoms with E-state index in [1.54, 1.807) is 67.4 Å². The first kappa shape index (κ1) is 90.2. The Morgan fingerprint density at radius 3 is 1.32 bits per heavy atom. The number of anilines is 10. The molecule has 20 aromatic rings. The van der Waals surface area contributed by atoms with Crippen LogP contribution in [0, 0.1) is 5.41 Å². The van der Waals surface area contributed by atoms with Gasteiger partial charge in [0.25, 0.3) is 17.8 Å². The van der Waals surface area contributed by atoms with Crippen molar-refractivity contribution < 1.29 is 49.0 Å². The summed E-state index contributed by atoms with van der Waals surface area (Å²) in [6.45, 7) is 22.7. The van der Waals surface area contributed by atoms with Gasteiger partial charge in [-0.1, -0.05) is 106 Å². The Balaban J connectivity index is 0.000000113. The summed E-state index contributed by atoms with van der Waals surface area (Å²) in [4.78, 5) is 21.5. The molecule has 0 radical (unpaired) electrons. The number of pyridine rings is 5. The first-order valence-corrected chi connectivity index (χ1v) is 44.4. The predicted octanol–water partition coefficient (Wildman–Crippen LogP) is 24.8. The van der Waals surface area contributed by atoms with E-state index in [4.69, 9.17) is 22.6 Å². The van der Waals surface area contributed by atoms with Crippen molar-refractivity contribution in [3.8, 4) is 0 Å². The molecule has 2 atom stereocenters. The third-order valence-electron chi connectivity index (χ3n) is 23.3. The van der Waals surface area contributed by atoms with Crippen LogP contribution in [0.25, 0.3) is 110 Å². The Morgan fingerprint density at radius 1 is 0.463 bits per heavy atom. The molecule has 16 heterocycles. The highest BCUT2D eigenvalue weighted by Gasteiger charge is 2.45. The van der Waals surface area contributed by atoms with Gasteiger partial charge in [-0.15, -0.1) is 0 Å². The smallest absolute Gasteiger partial charge is 0.293 e. The van der Waals surface area contributed by atoms with Crippen LogP contribution in [0.3, 0.4) is 0 Å². The quantitative estimate of drug-likeness (QED) is 0.0213. The second-order valence-corrected chi connectivity index (χ2v) is 34.7. The molecule has 0 bridgehead atoms. The predicted molar refractivity (Wildman–Crippen MR) is 512 cm³/mol. The van der Waals surface area contributed by atoms with Crippen LogP contribution in [-0.2, 0) is 18.3 Å². The molecule has 2 unspecified atom stereocenters. The summed E-state index contributed by atoms with van der Waals surface area (Å²) in [6.07, 6.45) is 18.6. The average Bonchev–Trinajstić information content (AvgIpc) is 1.64. The highest BCUT2D eigenvalue weighted by Crippen LogP contribution is 2.44. The zero-order valence-corrected chi connectivity index (χ0v) is 75.0. The van der Waals surface area contributed by atoms with E-state index in [1.807, 2.05) is 135 Å². The molecule has 0 spiro atoms. The second-order valence-electron chi connectivity index (χ2n) is 34.7. The molecule has 32 nitrogen and oxygen atoms in total. The Hall–Kier alpha value is -16.3. The first-order valence-electron chi connectivity index (χ1n) is 44.4. The van der Waals surface area contributed by atoms with E-state index >= 15 is 0 Å². The van der Waals surface area contributed by atoms with E-state index in [1.165, 1.54) is 0 Å². The van der Waals surface area contributed by atoms with Gasteiger partial charge in [-0.05, 0) is 164 Å². The summed E-state index contributed by atoms with van der Waals surface area (Å²) in [5, 5.41) is 82.5. The number of allylic oxidation sites excluding steroid dienone is 4. The fraction of sp³-hybridized carbons (Fsp3) is 0.255. The monoisotopic (exact) mass is 1840 g/mol. The summed E-state index contributed by atoms with van der Waals surface area (Å²) in [6, 6.07) is 46.0. The van der Waals surface area contributed by atoms with E-state index in [2.05, 4.69) is 199 Å². The van der Waals surface area contributed by atoms with E-state index < -0.39 is 17.8 Å². The van der Waals surface area contributed by atoms with Gasteiger partial charge in [-0.3, -0.25) is 45.4 Å². The number of hydrogen-bond donors (Lipinski definition) is 12. The molecule has 12 N–H and O–H groups in total. The molecule has 38 heteroatoms. The Labute approximate surface area is 771 Å². The van der Waals surface area contributed by atoms with Crippen molar-refractivity contribution in [2.45, 2.75) is 155 Å². The Bertz CT molecular complexity index is 7580. The topological polar surface area (TPSA) is 422 Å². The van der Waals surface area contributed by atoms with Crippen molar-refractivity contribution in [3.63, 3.8) is 0 Å². The van der Waals surface area contributed by atoms with E-state index in [0.717, 1.165) is 124 Å². The number of H-pyrrole nitrogens is 5. The van der Waals surface area contributed by atoms with Crippen LogP contribution in [0.5, 0.6) is 0 Å². The van der Waals surface area contributed by atoms with Gasteiger partial charge < -0.3 is 59.8 Å². The summed E-state index contributed by atoms with van der Waals surface area (Å²) in [5.74, 6) is -4.89. The second kappa shape index (κ2) is 38.5. The molecular formula is C98H95F6N27O5. The van der Waals surface area contributed by atoms with Crippen LogP contribution in [0.15, 0.2) is 254 Å². The van der Waals surface area contributed by atoms with Crippen molar-refractivity contribution in [2.24, 2.45) is 5.41 Å². The van der Waals surface area contributed by atoms with Crippen molar-refractivity contribution in [1.29, 1.82) is 0 Å². The maximum absolute atomic E-state index is 14.3. The maximum Gasteiger partial charge on any atom is 0.293 e. The fourth-order valence-electron chi connectivity index (χ4n) is 15.9. The standard InChI is InChI=1S/C21H18N6O.C21H25N5O.C20H18F2N6O.2C18H17F2N5O/c1-12-5-6-14(11-23-12)13(2)19-16-8-7-15(10-18(16)28-27-19)24-21-20-17(25-26-21)4-3-9-22-20;1-13(9-10-21(2,3)4)18-15-8-7-14(12-17(15)27-26-18)23-20-19-16(24-25-20)6-5-11-22-19;1-11(24-13-9-20(21,22)10-13)7-16-14-5-4-12(8-17(14)29-28-16)25-19-18-15(26-27-19)3-2-6-23-18;1-2-3-8-18(19,20)16-12-7-6-11(10-14(12)26-25-16)22-17-15-13(23-24-17)5-4-9-21-15;1-2-3-8-18(19,20)15-12-7-6-11(10-14(12)26-25-15)22-17-13-5-4-9-21-16(13)23-24-17/h3-11,13,23H,1H2,2H3,(H2,24,25,26);5-8,11-13H,9-10H2,1-4H3,(H2,23,24,25);2-6,8,13,24H,1,7,9-10H2,(H2,25,26,27);4-7,9-10H,2-3,8H2,1H3,(H2,22,23,24);4-7,9-10H,2-3,8H2,1H3,(H2,21,22,23,24). The van der Waals surface area contributed by atoms with Gasteiger partial charge in [0.1, 0.15) is 27.9 Å². The fourth-order valence-corrected chi connectivity index (χ4v) is 15.9. The number of nitrogens with one attached hydrogen (secondary N) is 12. The summed E-state index contributed by atoms with van der Waals surface area (Å²) in [5.41, 5.74) is 18.6. The zero-order chi connectivity index (χ0) is 94.4. The van der Waals surface area contributed by atoms with Crippen LogP contribution in [-0.4, -0.2) is 114 Å². The minimum absolute atomic E-state index is 0.0939.